The lowest BCUT2D eigenvalue weighted by Gasteiger charge is -2.08. The van der Waals surface area contributed by atoms with Crippen molar-refractivity contribution in [2.75, 3.05) is 0 Å². The van der Waals surface area contributed by atoms with Crippen LogP contribution in [0, 0.1) is 6.92 Å². The van der Waals surface area contributed by atoms with Crippen molar-refractivity contribution in [3.05, 3.63) is 64.8 Å². The molecule has 1 aromatic heterocycles. The Morgan fingerprint density at radius 1 is 1.14 bits per heavy atom. The average molecular weight is 298 g/mol. The molecule has 0 saturated heterocycles. The molecule has 4 nitrogen and oxygen atoms in total. The summed E-state index contributed by atoms with van der Waals surface area (Å²) in [5, 5.41) is 8.64. The van der Waals surface area contributed by atoms with E-state index in [1.165, 1.54) is 0 Å². The minimum absolute atomic E-state index is 0.291. The minimum Gasteiger partial charge on any atom is -0.296 e. The number of halogens is 1. The Hall–Kier alpha value is -2.46. The predicted octanol–water partition coefficient (Wildman–Crippen LogP) is 3.71. The number of carbonyl (C=O) groups is 1. The number of aromatic nitrogens is 3. The second kappa shape index (κ2) is 5.50. The summed E-state index contributed by atoms with van der Waals surface area (Å²) in [5.41, 5.74) is 3.69. The lowest BCUT2D eigenvalue weighted by atomic mass is 10.1. The molecule has 21 heavy (non-hydrogen) atoms. The molecule has 0 spiro atoms. The van der Waals surface area contributed by atoms with E-state index in [0.717, 1.165) is 16.8 Å². The number of hydrogen-bond acceptors (Lipinski definition) is 3. The predicted molar refractivity (Wildman–Crippen MR) is 81.9 cm³/mol. The van der Waals surface area contributed by atoms with E-state index in [9.17, 15) is 4.79 Å². The van der Waals surface area contributed by atoms with Crippen LogP contribution in [0.4, 0.5) is 0 Å². The number of hydrogen-bond donors (Lipinski definition) is 0. The third kappa shape index (κ3) is 2.58. The standard InChI is InChI=1S/C16H12ClN3O/c1-11-4-2-7-14(8-11)20-16(15(10-21)18-19-20)12-5-3-6-13(17)9-12/h2-10H,1H3. The molecule has 0 aliphatic rings. The topological polar surface area (TPSA) is 47.8 Å². The fraction of sp³-hybridized carbons (Fsp3) is 0.0625. The molecular formula is C16H12ClN3O. The Balaban J connectivity index is 2.24. The molecule has 0 fully saturated rings. The molecule has 0 aliphatic carbocycles. The third-order valence-electron chi connectivity index (χ3n) is 3.15. The summed E-state index contributed by atoms with van der Waals surface area (Å²) >= 11 is 6.04. The van der Waals surface area contributed by atoms with E-state index in [0.29, 0.717) is 22.7 Å². The highest BCUT2D eigenvalue weighted by molar-refractivity contribution is 6.30. The van der Waals surface area contributed by atoms with Crippen LogP contribution in [0.3, 0.4) is 0 Å². The quantitative estimate of drug-likeness (QED) is 0.692. The first kappa shape index (κ1) is 13.5. The fourth-order valence-electron chi connectivity index (χ4n) is 2.22. The Morgan fingerprint density at radius 3 is 2.67 bits per heavy atom. The molecule has 1 heterocycles. The van der Waals surface area contributed by atoms with Crippen LogP contribution in [-0.2, 0) is 0 Å². The molecule has 5 heteroatoms. The molecule has 0 unspecified atom stereocenters. The van der Waals surface area contributed by atoms with Crippen LogP contribution in [0.25, 0.3) is 16.9 Å². The van der Waals surface area contributed by atoms with Gasteiger partial charge in [0.15, 0.2) is 12.0 Å². The van der Waals surface area contributed by atoms with E-state index in [1.807, 2.05) is 43.3 Å². The number of rotatable bonds is 3. The van der Waals surface area contributed by atoms with Gasteiger partial charge in [-0.15, -0.1) is 5.10 Å². The summed E-state index contributed by atoms with van der Waals surface area (Å²) in [6, 6.07) is 15.1. The number of benzene rings is 2. The lowest BCUT2D eigenvalue weighted by molar-refractivity contribution is 0.111. The van der Waals surface area contributed by atoms with Crippen molar-refractivity contribution in [3.63, 3.8) is 0 Å². The molecule has 3 rings (SSSR count). The Morgan fingerprint density at radius 2 is 1.95 bits per heavy atom. The first-order chi connectivity index (χ1) is 10.2. The zero-order chi connectivity index (χ0) is 14.8. The highest BCUT2D eigenvalue weighted by atomic mass is 35.5. The van der Waals surface area contributed by atoms with Gasteiger partial charge in [0.05, 0.1) is 5.69 Å². The molecule has 104 valence electrons. The van der Waals surface area contributed by atoms with Crippen LogP contribution < -0.4 is 0 Å². The second-order valence-electron chi connectivity index (χ2n) is 4.70. The van der Waals surface area contributed by atoms with Gasteiger partial charge < -0.3 is 0 Å². The maximum absolute atomic E-state index is 11.2. The Kier molecular flexibility index (Phi) is 3.54. The first-order valence-electron chi connectivity index (χ1n) is 6.43. The van der Waals surface area contributed by atoms with E-state index >= 15 is 0 Å². The first-order valence-corrected chi connectivity index (χ1v) is 6.80. The zero-order valence-electron chi connectivity index (χ0n) is 11.3. The maximum atomic E-state index is 11.2. The molecule has 0 radical (unpaired) electrons. The van der Waals surface area contributed by atoms with Crippen LogP contribution in [0.15, 0.2) is 48.5 Å². The average Bonchev–Trinajstić information content (AvgIpc) is 2.91. The summed E-state index contributed by atoms with van der Waals surface area (Å²) < 4.78 is 1.66. The molecule has 0 atom stereocenters. The van der Waals surface area contributed by atoms with Gasteiger partial charge in [-0.2, -0.15) is 0 Å². The fourth-order valence-corrected chi connectivity index (χ4v) is 2.41. The van der Waals surface area contributed by atoms with Crippen molar-refractivity contribution < 1.29 is 4.79 Å². The molecule has 0 bridgehead atoms. The maximum Gasteiger partial charge on any atom is 0.172 e. The smallest absolute Gasteiger partial charge is 0.172 e. The summed E-state index contributed by atoms with van der Waals surface area (Å²) in [6.45, 7) is 2.00. The Bertz CT molecular complexity index is 811. The van der Waals surface area contributed by atoms with Gasteiger partial charge in [-0.05, 0) is 36.8 Å². The lowest BCUT2D eigenvalue weighted by Crippen LogP contribution is -2.00. The highest BCUT2D eigenvalue weighted by Gasteiger charge is 2.16. The van der Waals surface area contributed by atoms with Crippen molar-refractivity contribution in [3.8, 4) is 16.9 Å². The van der Waals surface area contributed by atoms with Crippen molar-refractivity contribution >= 4 is 17.9 Å². The zero-order valence-corrected chi connectivity index (χ0v) is 12.1. The van der Waals surface area contributed by atoms with Crippen molar-refractivity contribution in [2.45, 2.75) is 6.92 Å². The van der Waals surface area contributed by atoms with Crippen LogP contribution >= 0.6 is 11.6 Å². The van der Waals surface area contributed by atoms with Gasteiger partial charge in [0.2, 0.25) is 0 Å². The van der Waals surface area contributed by atoms with Gasteiger partial charge in [-0.3, -0.25) is 4.79 Å². The van der Waals surface area contributed by atoms with E-state index < -0.39 is 0 Å². The molecule has 0 amide bonds. The minimum atomic E-state index is 0.291. The normalized spacial score (nSPS) is 10.6. The van der Waals surface area contributed by atoms with Gasteiger partial charge in [0.1, 0.15) is 5.69 Å². The number of carbonyl (C=O) groups excluding carboxylic acids is 1. The summed E-state index contributed by atoms with van der Waals surface area (Å²) in [7, 11) is 0. The van der Waals surface area contributed by atoms with E-state index in [2.05, 4.69) is 10.3 Å². The summed E-state index contributed by atoms with van der Waals surface area (Å²) in [6.07, 6.45) is 0.704. The molecule has 0 saturated carbocycles. The van der Waals surface area contributed by atoms with Crippen molar-refractivity contribution in [1.29, 1.82) is 0 Å². The monoisotopic (exact) mass is 297 g/mol. The van der Waals surface area contributed by atoms with Crippen LogP contribution in [-0.4, -0.2) is 21.3 Å². The number of aldehydes is 1. The summed E-state index contributed by atoms with van der Waals surface area (Å²) in [4.78, 5) is 11.2. The molecule has 2 aromatic carbocycles. The number of aryl methyl sites for hydroxylation is 1. The largest absolute Gasteiger partial charge is 0.296 e. The highest BCUT2D eigenvalue weighted by Crippen LogP contribution is 2.26. The molecule has 0 N–H and O–H groups in total. The van der Waals surface area contributed by atoms with E-state index in [1.54, 1.807) is 16.8 Å². The van der Waals surface area contributed by atoms with E-state index in [4.69, 9.17) is 11.6 Å². The second-order valence-corrected chi connectivity index (χ2v) is 5.14. The van der Waals surface area contributed by atoms with Gasteiger partial charge in [0, 0.05) is 10.6 Å². The third-order valence-corrected chi connectivity index (χ3v) is 3.39. The molecule has 3 aromatic rings. The van der Waals surface area contributed by atoms with Gasteiger partial charge in [-0.1, -0.05) is 41.1 Å². The molecule has 0 aliphatic heterocycles. The van der Waals surface area contributed by atoms with Crippen LogP contribution in [0.1, 0.15) is 16.1 Å². The van der Waals surface area contributed by atoms with E-state index in [-0.39, 0.29) is 0 Å². The SMILES string of the molecule is Cc1cccc(-n2nnc(C=O)c2-c2cccc(Cl)c2)c1. The van der Waals surface area contributed by atoms with Gasteiger partial charge >= 0.3 is 0 Å². The molecular weight excluding hydrogens is 286 g/mol. The van der Waals surface area contributed by atoms with Gasteiger partial charge in [0.25, 0.3) is 0 Å². The van der Waals surface area contributed by atoms with Crippen molar-refractivity contribution in [1.82, 2.24) is 15.0 Å². The summed E-state index contributed by atoms with van der Waals surface area (Å²) in [5.74, 6) is 0. The van der Waals surface area contributed by atoms with Crippen molar-refractivity contribution in [2.24, 2.45) is 0 Å². The number of nitrogens with zero attached hydrogens (tertiary/aromatic N) is 3. The van der Waals surface area contributed by atoms with Crippen LogP contribution in [0.2, 0.25) is 5.02 Å². The Labute approximate surface area is 127 Å². The van der Waals surface area contributed by atoms with Gasteiger partial charge in [-0.25, -0.2) is 4.68 Å². The van der Waals surface area contributed by atoms with Crippen LogP contribution in [0.5, 0.6) is 0 Å².